The molecule has 0 saturated heterocycles. The Morgan fingerprint density at radius 2 is 2.54 bits per heavy atom. The van der Waals surface area contributed by atoms with Gasteiger partial charge >= 0.3 is 0 Å². The van der Waals surface area contributed by atoms with Crippen LogP contribution in [0.2, 0.25) is 5.22 Å². The van der Waals surface area contributed by atoms with Crippen LogP contribution in [0.5, 0.6) is 0 Å². The highest BCUT2D eigenvalue weighted by Crippen LogP contribution is 2.41. The maximum Gasteiger partial charge on any atom is 0.193 e. The fourth-order valence-electron chi connectivity index (χ4n) is 1.91. The van der Waals surface area contributed by atoms with Crippen molar-refractivity contribution in [2.45, 2.75) is 18.9 Å². The van der Waals surface area contributed by atoms with Gasteiger partial charge in [-0.25, -0.2) is 0 Å². The summed E-state index contributed by atoms with van der Waals surface area (Å²) >= 11 is 5.71. The summed E-state index contributed by atoms with van der Waals surface area (Å²) in [5.41, 5.74) is 6.24. The second-order valence-corrected chi connectivity index (χ2v) is 4.06. The van der Waals surface area contributed by atoms with Crippen LogP contribution in [-0.2, 0) is 12.0 Å². The topological polar surface area (TPSA) is 59.4 Å². The number of fused-ring (bicyclic) bond motifs is 1. The summed E-state index contributed by atoms with van der Waals surface area (Å²) in [6, 6.07) is 1.70. The maximum absolute atomic E-state index is 9.24. The van der Waals surface area contributed by atoms with Gasteiger partial charge in [-0.1, -0.05) is 6.92 Å². The van der Waals surface area contributed by atoms with Crippen LogP contribution < -0.4 is 5.73 Å². The minimum Gasteiger partial charge on any atom is -0.449 e. The Kier molecular flexibility index (Phi) is 1.91. The van der Waals surface area contributed by atoms with Crippen LogP contribution in [0.3, 0.4) is 0 Å². The van der Waals surface area contributed by atoms with Crippen molar-refractivity contribution in [3.63, 3.8) is 0 Å². The van der Waals surface area contributed by atoms with E-state index in [0.29, 0.717) is 5.22 Å². The molecule has 0 radical (unpaired) electrons. The Hall–Kier alpha value is -0.510. The quantitative estimate of drug-likeness (QED) is 0.720. The van der Waals surface area contributed by atoms with E-state index < -0.39 is 5.54 Å². The molecule has 0 amide bonds. The van der Waals surface area contributed by atoms with Gasteiger partial charge in [0.05, 0.1) is 12.1 Å². The third-order valence-electron chi connectivity index (χ3n) is 2.91. The van der Waals surface area contributed by atoms with Gasteiger partial charge in [-0.05, 0) is 17.5 Å². The van der Waals surface area contributed by atoms with Crippen molar-refractivity contribution in [2.24, 2.45) is 11.7 Å². The van der Waals surface area contributed by atoms with Gasteiger partial charge in [-0.15, -0.1) is 0 Å². The molecule has 1 aromatic rings. The summed E-state index contributed by atoms with van der Waals surface area (Å²) in [5, 5.41) is 9.59. The van der Waals surface area contributed by atoms with Gasteiger partial charge in [-0.2, -0.15) is 0 Å². The minimum atomic E-state index is -0.675. The SMILES string of the molecule is CC1Cc2oc(Cl)cc2C1(N)CO. The van der Waals surface area contributed by atoms with Crippen LogP contribution in [0.25, 0.3) is 0 Å². The fraction of sp³-hybridized carbons (Fsp3) is 0.556. The van der Waals surface area contributed by atoms with Gasteiger partial charge < -0.3 is 15.3 Å². The third kappa shape index (κ3) is 1.11. The van der Waals surface area contributed by atoms with Gasteiger partial charge in [0.25, 0.3) is 0 Å². The lowest BCUT2D eigenvalue weighted by Gasteiger charge is -2.26. The van der Waals surface area contributed by atoms with Crippen LogP contribution in [0.1, 0.15) is 18.2 Å². The minimum absolute atomic E-state index is 0.0724. The second-order valence-electron chi connectivity index (χ2n) is 3.69. The number of hydrogen-bond acceptors (Lipinski definition) is 3. The average molecular weight is 202 g/mol. The summed E-state index contributed by atoms with van der Waals surface area (Å²) in [4.78, 5) is 0. The summed E-state index contributed by atoms with van der Waals surface area (Å²) < 4.78 is 5.27. The smallest absolute Gasteiger partial charge is 0.193 e. The Labute approximate surface area is 81.5 Å². The highest BCUT2D eigenvalue weighted by atomic mass is 35.5. The molecule has 0 bridgehead atoms. The van der Waals surface area contributed by atoms with Crippen molar-refractivity contribution in [1.82, 2.24) is 0 Å². The van der Waals surface area contributed by atoms with Gasteiger partial charge in [0, 0.05) is 18.1 Å². The number of rotatable bonds is 1. The fourth-order valence-corrected chi connectivity index (χ4v) is 2.11. The van der Waals surface area contributed by atoms with E-state index in [0.717, 1.165) is 17.7 Å². The van der Waals surface area contributed by atoms with Gasteiger partial charge in [-0.3, -0.25) is 0 Å². The number of nitrogens with two attached hydrogens (primary N) is 1. The molecule has 2 rings (SSSR count). The van der Waals surface area contributed by atoms with Crippen LogP contribution in [-0.4, -0.2) is 11.7 Å². The molecule has 1 aromatic heterocycles. The summed E-state index contributed by atoms with van der Waals surface area (Å²) in [6.07, 6.45) is 0.749. The maximum atomic E-state index is 9.24. The van der Waals surface area contributed by atoms with Crippen LogP contribution in [0, 0.1) is 5.92 Å². The van der Waals surface area contributed by atoms with E-state index >= 15 is 0 Å². The van der Waals surface area contributed by atoms with Crippen molar-refractivity contribution in [3.8, 4) is 0 Å². The summed E-state index contributed by atoms with van der Waals surface area (Å²) in [6.45, 7) is 1.93. The molecule has 72 valence electrons. The Morgan fingerprint density at radius 3 is 3.15 bits per heavy atom. The zero-order valence-electron chi connectivity index (χ0n) is 7.38. The standard InChI is InChI=1S/C9H12ClNO2/c1-5-2-7-6(3-8(10)13-7)9(5,11)4-12/h3,5,12H,2,4,11H2,1H3. The van der Waals surface area contributed by atoms with E-state index in [1.165, 1.54) is 0 Å². The predicted octanol–water partition coefficient (Wildman–Crippen LogP) is 1.27. The molecule has 0 aromatic carbocycles. The Balaban J connectivity index is 2.50. The number of halogens is 1. The van der Waals surface area contributed by atoms with Gasteiger partial charge in [0.2, 0.25) is 0 Å². The highest BCUT2D eigenvalue weighted by Gasteiger charge is 2.43. The van der Waals surface area contributed by atoms with Crippen molar-refractivity contribution in [2.75, 3.05) is 6.61 Å². The molecule has 4 heteroatoms. The predicted molar refractivity (Wildman–Crippen MR) is 49.5 cm³/mol. The first-order valence-corrected chi connectivity index (χ1v) is 4.64. The largest absolute Gasteiger partial charge is 0.449 e. The molecule has 3 N–H and O–H groups in total. The molecule has 1 aliphatic carbocycles. The summed E-state index contributed by atoms with van der Waals surface area (Å²) in [5.74, 6) is 1.01. The van der Waals surface area contributed by atoms with Crippen molar-refractivity contribution in [3.05, 3.63) is 22.6 Å². The van der Waals surface area contributed by atoms with E-state index in [4.69, 9.17) is 21.8 Å². The van der Waals surface area contributed by atoms with Crippen LogP contribution >= 0.6 is 11.6 Å². The van der Waals surface area contributed by atoms with Crippen molar-refractivity contribution >= 4 is 11.6 Å². The lowest BCUT2D eigenvalue weighted by molar-refractivity contribution is 0.159. The molecule has 2 unspecified atom stereocenters. The van der Waals surface area contributed by atoms with E-state index in [2.05, 4.69) is 0 Å². The number of hydrogen-bond donors (Lipinski definition) is 2. The lowest BCUT2D eigenvalue weighted by atomic mass is 9.87. The summed E-state index contributed by atoms with van der Waals surface area (Å²) in [7, 11) is 0. The molecule has 1 heterocycles. The second kappa shape index (κ2) is 2.74. The van der Waals surface area contributed by atoms with E-state index in [1.807, 2.05) is 6.92 Å². The molecule has 13 heavy (non-hydrogen) atoms. The number of aliphatic hydroxyl groups excluding tert-OH is 1. The molecular weight excluding hydrogens is 190 g/mol. The van der Waals surface area contributed by atoms with Crippen LogP contribution in [0.15, 0.2) is 10.5 Å². The normalized spacial score (nSPS) is 32.2. The zero-order chi connectivity index (χ0) is 9.64. The van der Waals surface area contributed by atoms with E-state index in [9.17, 15) is 5.11 Å². The first-order valence-electron chi connectivity index (χ1n) is 4.26. The Morgan fingerprint density at radius 1 is 1.85 bits per heavy atom. The Bertz CT molecular complexity index is 336. The van der Waals surface area contributed by atoms with Gasteiger partial charge in [0.15, 0.2) is 5.22 Å². The molecule has 0 saturated carbocycles. The third-order valence-corrected chi connectivity index (χ3v) is 3.10. The monoisotopic (exact) mass is 201 g/mol. The van der Waals surface area contributed by atoms with Crippen LogP contribution in [0.4, 0.5) is 0 Å². The highest BCUT2D eigenvalue weighted by molar-refractivity contribution is 6.29. The van der Waals surface area contributed by atoms with Crippen molar-refractivity contribution in [1.29, 1.82) is 0 Å². The molecule has 3 nitrogen and oxygen atoms in total. The lowest BCUT2D eigenvalue weighted by Crippen LogP contribution is -2.43. The zero-order valence-corrected chi connectivity index (χ0v) is 8.14. The molecule has 0 fully saturated rings. The molecule has 0 spiro atoms. The number of aliphatic hydroxyl groups is 1. The van der Waals surface area contributed by atoms with E-state index in [1.54, 1.807) is 6.07 Å². The first kappa shape index (κ1) is 9.06. The number of furan rings is 1. The van der Waals surface area contributed by atoms with E-state index in [-0.39, 0.29) is 12.5 Å². The average Bonchev–Trinajstić information content (AvgIpc) is 2.53. The van der Waals surface area contributed by atoms with Crippen molar-refractivity contribution < 1.29 is 9.52 Å². The molecular formula is C9H12ClNO2. The first-order chi connectivity index (χ1) is 6.08. The molecule has 0 aliphatic heterocycles. The molecule has 1 aliphatic rings. The van der Waals surface area contributed by atoms with Gasteiger partial charge in [0.1, 0.15) is 5.76 Å². The molecule has 2 atom stereocenters.